The molecule has 1 heterocycles. The third-order valence-corrected chi connectivity index (χ3v) is 2.74. The zero-order chi connectivity index (χ0) is 6.53. The minimum atomic E-state index is -0.0603. The fourth-order valence-electron chi connectivity index (χ4n) is 0.440. The summed E-state index contributed by atoms with van der Waals surface area (Å²) in [6.45, 7) is 0. The van der Waals surface area contributed by atoms with Gasteiger partial charge >= 0.3 is 68.3 Å². The minimum absolute atomic E-state index is 0.0603. The Hall–Kier alpha value is 0.250. The van der Waals surface area contributed by atoms with E-state index in [4.69, 9.17) is 3.95 Å². The molecule has 0 aliphatic heterocycles. The Labute approximate surface area is 68.3 Å². The van der Waals surface area contributed by atoms with Gasteiger partial charge in [0.15, 0.2) is 0 Å². The summed E-state index contributed by atoms with van der Waals surface area (Å²) in [5.74, 6) is 0. The molecule has 0 fully saturated rings. The third-order valence-electron chi connectivity index (χ3n) is 0.823. The van der Waals surface area contributed by atoms with Crippen molar-refractivity contribution in [2.24, 2.45) is 3.95 Å². The Bertz CT molecular complexity index is 153. The molecule has 0 aliphatic rings. The Balaban J connectivity index is 2.30. The molecule has 52 valence electrons. The molecule has 0 atom stereocenters. The predicted molar refractivity (Wildman–Crippen MR) is 32.7 cm³/mol. The molecule has 1 aromatic heterocycles. The molecule has 5 heteroatoms. The van der Waals surface area contributed by atoms with E-state index in [1.54, 1.807) is 16.8 Å². The Kier molecular flexibility index (Phi) is 3.37. The van der Waals surface area contributed by atoms with E-state index in [0.717, 1.165) is 15.9 Å². The van der Waals surface area contributed by atoms with E-state index in [0.29, 0.717) is 0 Å². The Morgan fingerprint density at radius 3 is 3.22 bits per heavy atom. The Morgan fingerprint density at radius 2 is 2.67 bits per heavy atom. The summed E-state index contributed by atoms with van der Waals surface area (Å²) >= 11 is 1.54. The third kappa shape index (κ3) is 2.55. The molecule has 1 rings (SSSR count). The monoisotopic (exact) mass is 256 g/mol. The molecule has 9 heavy (non-hydrogen) atoms. The molecule has 1 aromatic rings. The molecule has 0 amide bonds. The van der Waals surface area contributed by atoms with Crippen LogP contribution in [0.25, 0.3) is 0 Å². The SMILES string of the molecule is N[I-]CCc1nncs1. The van der Waals surface area contributed by atoms with Gasteiger partial charge in [0.05, 0.1) is 0 Å². The molecular weight excluding hydrogens is 249 g/mol. The van der Waals surface area contributed by atoms with Crippen molar-refractivity contribution in [1.29, 1.82) is 0 Å². The van der Waals surface area contributed by atoms with E-state index in [2.05, 4.69) is 10.2 Å². The van der Waals surface area contributed by atoms with Gasteiger partial charge in [-0.3, -0.25) is 0 Å². The first-order valence-corrected chi connectivity index (χ1v) is 6.11. The van der Waals surface area contributed by atoms with Crippen LogP contribution in [0.1, 0.15) is 5.01 Å². The summed E-state index contributed by atoms with van der Waals surface area (Å²) in [5, 5.41) is 8.71. The van der Waals surface area contributed by atoms with E-state index < -0.39 is 0 Å². The van der Waals surface area contributed by atoms with Gasteiger partial charge in [-0.05, 0) is 0 Å². The second kappa shape index (κ2) is 4.13. The maximum absolute atomic E-state index is 5.41. The van der Waals surface area contributed by atoms with Crippen LogP contribution < -0.4 is 25.4 Å². The second-order valence-corrected chi connectivity index (χ2v) is 4.30. The number of nitrogens with zero attached hydrogens (tertiary/aromatic N) is 2. The first-order valence-electron chi connectivity index (χ1n) is 2.46. The number of halogens is 1. The van der Waals surface area contributed by atoms with Crippen molar-refractivity contribution in [3.63, 3.8) is 0 Å². The van der Waals surface area contributed by atoms with Gasteiger partial charge in [-0.1, -0.05) is 0 Å². The first kappa shape index (κ1) is 7.36. The summed E-state index contributed by atoms with van der Waals surface area (Å²) in [6, 6.07) is 0. The second-order valence-electron chi connectivity index (χ2n) is 1.43. The number of aromatic nitrogens is 2. The van der Waals surface area contributed by atoms with Crippen LogP contribution >= 0.6 is 11.3 Å². The number of rotatable bonds is 3. The molecule has 0 aromatic carbocycles. The summed E-state index contributed by atoms with van der Waals surface area (Å²) in [6.07, 6.45) is 1.02. The van der Waals surface area contributed by atoms with Gasteiger partial charge in [-0.2, -0.15) is 0 Å². The number of hydrogen-bond donors (Lipinski definition) is 1. The van der Waals surface area contributed by atoms with Crippen LogP contribution in [0.4, 0.5) is 0 Å². The van der Waals surface area contributed by atoms with Crippen LogP contribution in [0, 0.1) is 0 Å². The van der Waals surface area contributed by atoms with Crippen LogP contribution in [-0.4, -0.2) is 14.6 Å². The van der Waals surface area contributed by atoms with Gasteiger partial charge in [0, 0.05) is 0 Å². The summed E-state index contributed by atoms with van der Waals surface area (Å²) in [5.41, 5.74) is 1.75. The number of aryl methyl sites for hydroxylation is 1. The van der Waals surface area contributed by atoms with Gasteiger partial charge in [0.2, 0.25) is 0 Å². The number of hydrogen-bond acceptors (Lipinski definition) is 4. The molecule has 0 aliphatic carbocycles. The van der Waals surface area contributed by atoms with E-state index in [1.807, 2.05) is 0 Å². The van der Waals surface area contributed by atoms with Gasteiger partial charge < -0.3 is 0 Å². The van der Waals surface area contributed by atoms with Crippen molar-refractivity contribution in [3.8, 4) is 0 Å². The molecule has 2 N–H and O–H groups in total. The van der Waals surface area contributed by atoms with Crippen LogP contribution in [-0.2, 0) is 6.42 Å². The van der Waals surface area contributed by atoms with Crippen LogP contribution in [0.5, 0.6) is 0 Å². The van der Waals surface area contributed by atoms with Gasteiger partial charge in [0.25, 0.3) is 0 Å². The molecule has 0 saturated heterocycles. The zero-order valence-corrected chi connectivity index (χ0v) is 7.72. The summed E-state index contributed by atoms with van der Waals surface area (Å²) in [4.78, 5) is 0. The van der Waals surface area contributed by atoms with E-state index in [9.17, 15) is 0 Å². The average molecular weight is 256 g/mol. The van der Waals surface area contributed by atoms with Crippen molar-refractivity contribution in [1.82, 2.24) is 10.2 Å². The quantitative estimate of drug-likeness (QED) is 0.357. The predicted octanol–water partition coefficient (Wildman–Crippen LogP) is -2.96. The van der Waals surface area contributed by atoms with Gasteiger partial charge in [-0.25, -0.2) is 0 Å². The summed E-state index contributed by atoms with van der Waals surface area (Å²) in [7, 11) is 0. The summed E-state index contributed by atoms with van der Waals surface area (Å²) < 4.78 is 6.53. The van der Waals surface area contributed by atoms with Crippen LogP contribution in [0.3, 0.4) is 0 Å². The van der Waals surface area contributed by atoms with Gasteiger partial charge in [0.1, 0.15) is 0 Å². The van der Waals surface area contributed by atoms with Crippen molar-refractivity contribution in [2.75, 3.05) is 4.43 Å². The topological polar surface area (TPSA) is 51.8 Å². The molecule has 0 saturated carbocycles. The van der Waals surface area contributed by atoms with Crippen LogP contribution in [0.15, 0.2) is 5.51 Å². The van der Waals surface area contributed by atoms with Crippen LogP contribution in [0.2, 0.25) is 0 Å². The first-order chi connectivity index (χ1) is 4.43. The molecule has 0 unspecified atom stereocenters. The fourth-order valence-corrected chi connectivity index (χ4v) is 2.16. The average Bonchev–Trinajstić information content (AvgIpc) is 2.34. The zero-order valence-electron chi connectivity index (χ0n) is 4.75. The fraction of sp³-hybridized carbons (Fsp3) is 0.500. The van der Waals surface area contributed by atoms with Crippen molar-refractivity contribution in [3.05, 3.63) is 10.5 Å². The standard InChI is InChI=1S/C4H7IN3S/c6-5-2-1-4-8-7-3-9-4/h3H,1-2,6H2/q-1. The molecular formula is C4H7IN3S-. The number of nitrogens with two attached hydrogens (primary N) is 1. The molecule has 0 spiro atoms. The maximum atomic E-state index is 5.41. The Morgan fingerprint density at radius 1 is 1.78 bits per heavy atom. The van der Waals surface area contributed by atoms with E-state index in [-0.39, 0.29) is 21.5 Å². The van der Waals surface area contributed by atoms with Crippen molar-refractivity contribution in [2.45, 2.75) is 6.42 Å². The molecule has 3 nitrogen and oxygen atoms in total. The molecule has 0 radical (unpaired) electrons. The van der Waals surface area contributed by atoms with Crippen molar-refractivity contribution >= 4 is 11.3 Å². The molecule has 0 bridgehead atoms. The van der Waals surface area contributed by atoms with Crippen molar-refractivity contribution < 1.29 is 21.5 Å². The normalized spacial score (nSPS) is 10.3. The number of alkyl halides is 1. The van der Waals surface area contributed by atoms with Gasteiger partial charge in [-0.15, -0.1) is 0 Å². The van der Waals surface area contributed by atoms with E-state index >= 15 is 0 Å². The van der Waals surface area contributed by atoms with E-state index in [1.165, 1.54) is 0 Å².